The van der Waals surface area contributed by atoms with Gasteiger partial charge in [0.1, 0.15) is 0 Å². The van der Waals surface area contributed by atoms with Crippen molar-refractivity contribution in [1.82, 2.24) is 10.6 Å². The second kappa shape index (κ2) is 5.56. The van der Waals surface area contributed by atoms with Gasteiger partial charge >= 0.3 is 0 Å². The Kier molecular flexibility index (Phi) is 4.55. The molecule has 0 saturated carbocycles. The lowest BCUT2D eigenvalue weighted by Gasteiger charge is -2.22. The maximum atomic E-state index is 4.37. The molecule has 1 heterocycles. The first-order valence-corrected chi connectivity index (χ1v) is 4.80. The highest BCUT2D eigenvalue weighted by molar-refractivity contribution is 4.74. The predicted octanol–water partition coefficient (Wildman–Crippen LogP) is 1.14. The summed E-state index contributed by atoms with van der Waals surface area (Å²) in [4.78, 5) is 0. The van der Waals surface area contributed by atoms with E-state index < -0.39 is 0 Å². The Morgan fingerprint density at radius 2 is 2.36 bits per heavy atom. The van der Waals surface area contributed by atoms with Gasteiger partial charge in [0.2, 0.25) is 0 Å². The average molecular weight is 155 g/mol. The molecule has 1 unspecified atom stereocenters. The van der Waals surface area contributed by atoms with Crippen molar-refractivity contribution in [1.29, 1.82) is 0 Å². The molecule has 0 aliphatic carbocycles. The van der Waals surface area contributed by atoms with Crippen LogP contribution >= 0.6 is 0 Å². The van der Waals surface area contributed by atoms with Gasteiger partial charge in [-0.3, -0.25) is 0 Å². The van der Waals surface area contributed by atoms with Crippen LogP contribution in [-0.4, -0.2) is 25.7 Å². The lowest BCUT2D eigenvalue weighted by molar-refractivity contribution is 0.383. The van der Waals surface area contributed by atoms with Gasteiger partial charge in [0.05, 0.1) is 0 Å². The smallest absolute Gasteiger partial charge is 0.0288 e. The van der Waals surface area contributed by atoms with Crippen LogP contribution in [0.25, 0.3) is 0 Å². The quantitative estimate of drug-likeness (QED) is 0.605. The largest absolute Gasteiger partial charge is 0.311 e. The lowest BCUT2D eigenvalue weighted by atomic mass is 10.1. The molecule has 1 aliphatic rings. The maximum Gasteiger partial charge on any atom is 0.0288 e. The molecule has 0 spiro atoms. The van der Waals surface area contributed by atoms with Gasteiger partial charge in [-0.15, -0.1) is 0 Å². The normalized spacial score (nSPS) is 25.4. The number of rotatable bonds is 4. The molecule has 0 amide bonds. The Balaban J connectivity index is 1.96. The van der Waals surface area contributed by atoms with Gasteiger partial charge in [0, 0.05) is 25.7 Å². The lowest BCUT2D eigenvalue weighted by Crippen LogP contribution is -2.44. The third-order valence-electron chi connectivity index (χ3n) is 2.21. The third kappa shape index (κ3) is 3.73. The molecule has 1 rings (SSSR count). The van der Waals surface area contributed by atoms with Crippen LogP contribution in [0.15, 0.2) is 0 Å². The van der Waals surface area contributed by atoms with E-state index in [1.165, 1.54) is 25.7 Å². The first-order chi connectivity index (χ1) is 5.43. The van der Waals surface area contributed by atoms with Crippen molar-refractivity contribution >= 4 is 0 Å². The fourth-order valence-electron chi connectivity index (χ4n) is 1.49. The van der Waals surface area contributed by atoms with Crippen LogP contribution < -0.4 is 10.6 Å². The van der Waals surface area contributed by atoms with E-state index in [1.54, 1.807) is 0 Å². The van der Waals surface area contributed by atoms with Crippen molar-refractivity contribution in [2.75, 3.05) is 19.6 Å². The van der Waals surface area contributed by atoms with E-state index in [0.717, 1.165) is 19.6 Å². The number of piperazine rings is 1. The molecule has 0 aromatic heterocycles. The first-order valence-electron chi connectivity index (χ1n) is 4.80. The molecule has 1 atom stereocenters. The molecule has 0 aromatic rings. The summed E-state index contributed by atoms with van der Waals surface area (Å²) < 4.78 is 0. The van der Waals surface area contributed by atoms with E-state index in [0.29, 0.717) is 6.04 Å². The Hall–Kier alpha value is -0.0800. The zero-order chi connectivity index (χ0) is 7.94. The molecule has 1 saturated heterocycles. The second-order valence-electron chi connectivity index (χ2n) is 3.28. The average Bonchev–Trinajstić information content (AvgIpc) is 2.07. The molecular formula is C9H19N2. The highest BCUT2D eigenvalue weighted by atomic mass is 15.0. The summed E-state index contributed by atoms with van der Waals surface area (Å²) in [5, 5.41) is 7.86. The Morgan fingerprint density at radius 1 is 1.45 bits per heavy atom. The fourth-order valence-corrected chi connectivity index (χ4v) is 1.49. The molecule has 65 valence electrons. The standard InChI is InChI=1S/C9H19N2/c1-2-3-4-5-9-8-10-6-7-11-9/h9,11H,2-8H2,1H3. The molecule has 1 aliphatic heterocycles. The van der Waals surface area contributed by atoms with Gasteiger partial charge in [0.25, 0.3) is 0 Å². The Morgan fingerprint density at radius 3 is 3.00 bits per heavy atom. The van der Waals surface area contributed by atoms with Crippen LogP contribution in [0, 0.1) is 0 Å². The van der Waals surface area contributed by atoms with Gasteiger partial charge in [-0.05, 0) is 6.42 Å². The molecule has 0 bridgehead atoms. The van der Waals surface area contributed by atoms with Crippen molar-refractivity contribution < 1.29 is 0 Å². The summed E-state index contributed by atoms with van der Waals surface area (Å²) >= 11 is 0. The van der Waals surface area contributed by atoms with Crippen LogP contribution in [-0.2, 0) is 0 Å². The summed E-state index contributed by atoms with van der Waals surface area (Å²) in [6, 6.07) is 0.690. The number of nitrogens with zero attached hydrogens (tertiary/aromatic N) is 1. The van der Waals surface area contributed by atoms with E-state index >= 15 is 0 Å². The van der Waals surface area contributed by atoms with E-state index in [2.05, 4.69) is 17.6 Å². The topological polar surface area (TPSA) is 26.1 Å². The Labute approximate surface area is 69.8 Å². The predicted molar refractivity (Wildman–Crippen MR) is 47.8 cm³/mol. The highest BCUT2D eigenvalue weighted by Crippen LogP contribution is 2.04. The fraction of sp³-hybridized carbons (Fsp3) is 1.00. The number of unbranched alkanes of at least 4 members (excludes halogenated alkanes) is 2. The first kappa shape index (κ1) is 9.01. The van der Waals surface area contributed by atoms with Crippen LogP contribution in [0.5, 0.6) is 0 Å². The minimum absolute atomic E-state index is 0.690. The van der Waals surface area contributed by atoms with Crippen molar-refractivity contribution in [2.24, 2.45) is 0 Å². The van der Waals surface area contributed by atoms with Gasteiger partial charge in [-0.25, -0.2) is 5.32 Å². The zero-order valence-electron chi connectivity index (χ0n) is 7.47. The summed E-state index contributed by atoms with van der Waals surface area (Å²) in [5.41, 5.74) is 0. The van der Waals surface area contributed by atoms with Crippen molar-refractivity contribution in [3.63, 3.8) is 0 Å². The highest BCUT2D eigenvalue weighted by Gasteiger charge is 2.11. The minimum Gasteiger partial charge on any atom is -0.311 e. The number of hydrogen-bond acceptors (Lipinski definition) is 1. The van der Waals surface area contributed by atoms with E-state index in [-0.39, 0.29) is 0 Å². The van der Waals surface area contributed by atoms with Gasteiger partial charge in [-0.2, -0.15) is 0 Å². The number of hydrogen-bond donors (Lipinski definition) is 1. The summed E-state index contributed by atoms with van der Waals surface area (Å²) in [6.45, 7) is 5.41. The molecule has 1 N–H and O–H groups in total. The molecule has 0 aromatic carbocycles. The van der Waals surface area contributed by atoms with Crippen molar-refractivity contribution in [3.8, 4) is 0 Å². The minimum atomic E-state index is 0.690. The molecular weight excluding hydrogens is 136 g/mol. The third-order valence-corrected chi connectivity index (χ3v) is 2.21. The number of nitrogens with one attached hydrogen (secondary N) is 1. The van der Waals surface area contributed by atoms with Crippen LogP contribution in [0.3, 0.4) is 0 Å². The van der Waals surface area contributed by atoms with Gasteiger partial charge in [0.15, 0.2) is 0 Å². The summed E-state index contributed by atoms with van der Waals surface area (Å²) in [5.74, 6) is 0. The van der Waals surface area contributed by atoms with Crippen LogP contribution in [0.1, 0.15) is 32.6 Å². The SMILES string of the molecule is CCCCCC1C[N]CCN1. The van der Waals surface area contributed by atoms with E-state index in [4.69, 9.17) is 0 Å². The van der Waals surface area contributed by atoms with E-state index in [1.807, 2.05) is 0 Å². The monoisotopic (exact) mass is 155 g/mol. The Bertz CT molecular complexity index is 87.6. The summed E-state index contributed by atoms with van der Waals surface area (Å²) in [7, 11) is 0. The molecule has 11 heavy (non-hydrogen) atoms. The summed E-state index contributed by atoms with van der Waals surface area (Å²) in [6.07, 6.45) is 5.38. The van der Waals surface area contributed by atoms with Crippen molar-refractivity contribution in [2.45, 2.75) is 38.6 Å². The zero-order valence-corrected chi connectivity index (χ0v) is 7.47. The van der Waals surface area contributed by atoms with Crippen molar-refractivity contribution in [3.05, 3.63) is 0 Å². The molecule has 2 heteroatoms. The molecule has 1 fully saturated rings. The van der Waals surface area contributed by atoms with Crippen LogP contribution in [0.4, 0.5) is 0 Å². The molecule has 1 radical (unpaired) electrons. The van der Waals surface area contributed by atoms with E-state index in [9.17, 15) is 0 Å². The molecule has 2 nitrogen and oxygen atoms in total. The van der Waals surface area contributed by atoms with Gasteiger partial charge in [-0.1, -0.05) is 26.2 Å². The second-order valence-corrected chi connectivity index (χ2v) is 3.28. The van der Waals surface area contributed by atoms with Gasteiger partial charge < -0.3 is 5.32 Å². The van der Waals surface area contributed by atoms with Crippen LogP contribution in [0.2, 0.25) is 0 Å². The maximum absolute atomic E-state index is 4.37.